The number of benzene rings is 1. The maximum absolute atomic E-state index is 12.8. The number of hydrogen-bond acceptors (Lipinski definition) is 7. The summed E-state index contributed by atoms with van der Waals surface area (Å²) in [5.41, 5.74) is 10.7. The largest absolute Gasteiger partial charge is 0.369 e. The van der Waals surface area contributed by atoms with Gasteiger partial charge in [-0.3, -0.25) is 15.0 Å². The van der Waals surface area contributed by atoms with E-state index in [1.807, 2.05) is 13.0 Å². The molecule has 0 aliphatic carbocycles. The number of nitrogen functional groups attached to an aromatic ring is 1. The van der Waals surface area contributed by atoms with Gasteiger partial charge in [-0.25, -0.2) is 15.0 Å². The Morgan fingerprint density at radius 2 is 2.28 bits per heavy atom. The first-order chi connectivity index (χ1) is 14.1. The summed E-state index contributed by atoms with van der Waals surface area (Å²) in [5.74, 6) is 0.0516. The molecule has 1 aromatic carbocycles. The summed E-state index contributed by atoms with van der Waals surface area (Å²) in [4.78, 5) is 35.6. The maximum atomic E-state index is 12.8. The molecular formula is C19H20N8OS. The Labute approximate surface area is 170 Å². The number of aryl methyl sites for hydroxylation is 1. The number of aromatic nitrogens is 5. The van der Waals surface area contributed by atoms with Gasteiger partial charge in [-0.1, -0.05) is 6.07 Å². The lowest BCUT2D eigenvalue weighted by molar-refractivity contribution is 0.102. The number of anilines is 2. The Morgan fingerprint density at radius 3 is 3.10 bits per heavy atom. The lowest BCUT2D eigenvalue weighted by atomic mass is 10.1. The zero-order valence-electron chi connectivity index (χ0n) is 15.8. The van der Waals surface area contributed by atoms with Gasteiger partial charge in [0.15, 0.2) is 11.1 Å². The number of carbonyl (C=O) groups is 1. The molecular weight excluding hydrogens is 388 g/mol. The van der Waals surface area contributed by atoms with Crippen LogP contribution in [-0.4, -0.2) is 42.3 Å². The fourth-order valence-corrected chi connectivity index (χ4v) is 4.65. The summed E-state index contributed by atoms with van der Waals surface area (Å²) in [6, 6.07) is 5.38. The molecule has 0 saturated carbocycles. The number of rotatable bonds is 4. The van der Waals surface area contributed by atoms with E-state index in [-0.39, 0.29) is 11.9 Å². The number of nitrogens with two attached hydrogens (primary N) is 1. The summed E-state index contributed by atoms with van der Waals surface area (Å²) in [7, 11) is 0. The zero-order chi connectivity index (χ0) is 20.0. The van der Waals surface area contributed by atoms with Gasteiger partial charge in [-0.2, -0.15) is 0 Å². The zero-order valence-corrected chi connectivity index (χ0v) is 16.6. The molecule has 1 aliphatic heterocycles. The monoisotopic (exact) mass is 408 g/mol. The number of amides is 1. The van der Waals surface area contributed by atoms with Gasteiger partial charge in [0, 0.05) is 30.9 Å². The predicted molar refractivity (Wildman–Crippen MR) is 112 cm³/mol. The van der Waals surface area contributed by atoms with Gasteiger partial charge >= 0.3 is 0 Å². The lowest BCUT2D eigenvalue weighted by Gasteiger charge is -2.25. The Balaban J connectivity index is 1.32. The molecule has 5 N–H and O–H groups in total. The van der Waals surface area contributed by atoms with Crippen molar-refractivity contribution in [1.29, 1.82) is 0 Å². The lowest BCUT2D eigenvalue weighted by Crippen LogP contribution is -2.29. The van der Waals surface area contributed by atoms with Crippen molar-refractivity contribution in [2.24, 2.45) is 0 Å². The van der Waals surface area contributed by atoms with Crippen LogP contribution in [0.5, 0.6) is 0 Å². The SMILES string of the molecule is Cc1nc[nH]c1CN1CCc2nc(NC(=O)c3cccc4[nH]c(N)nc34)sc2C1. The molecule has 9 nitrogen and oxygen atoms in total. The van der Waals surface area contributed by atoms with E-state index in [1.165, 1.54) is 16.2 Å². The number of imidazole rings is 2. The van der Waals surface area contributed by atoms with Gasteiger partial charge in [-0.15, -0.1) is 11.3 Å². The first kappa shape index (κ1) is 17.8. The van der Waals surface area contributed by atoms with Crippen LogP contribution in [0, 0.1) is 6.92 Å². The minimum atomic E-state index is -0.238. The average Bonchev–Trinajstić information content (AvgIpc) is 3.38. The van der Waals surface area contributed by atoms with Crippen LogP contribution < -0.4 is 11.1 Å². The number of H-pyrrole nitrogens is 2. The number of para-hydroxylation sites is 1. The molecule has 1 aliphatic rings. The molecule has 0 spiro atoms. The molecule has 4 aromatic rings. The molecule has 0 radical (unpaired) electrons. The minimum Gasteiger partial charge on any atom is -0.369 e. The molecule has 148 valence electrons. The summed E-state index contributed by atoms with van der Waals surface area (Å²) in [6.45, 7) is 4.57. The second-order valence-corrected chi connectivity index (χ2v) is 8.18. The van der Waals surface area contributed by atoms with E-state index < -0.39 is 0 Å². The third kappa shape index (κ3) is 3.36. The van der Waals surface area contributed by atoms with Crippen LogP contribution in [0.1, 0.15) is 32.3 Å². The molecule has 10 heteroatoms. The van der Waals surface area contributed by atoms with E-state index in [4.69, 9.17) is 5.73 Å². The smallest absolute Gasteiger partial charge is 0.259 e. The van der Waals surface area contributed by atoms with Crippen LogP contribution in [0.15, 0.2) is 24.5 Å². The number of nitrogens with zero attached hydrogens (tertiary/aromatic N) is 4. The number of aromatic amines is 2. The van der Waals surface area contributed by atoms with Crippen LogP contribution >= 0.6 is 11.3 Å². The Bertz CT molecular complexity index is 1210. The molecule has 0 saturated heterocycles. The van der Waals surface area contributed by atoms with Crippen molar-refractivity contribution < 1.29 is 4.79 Å². The molecule has 0 bridgehead atoms. The highest BCUT2D eigenvalue weighted by molar-refractivity contribution is 7.15. The molecule has 0 atom stereocenters. The van der Waals surface area contributed by atoms with E-state index in [1.54, 1.807) is 18.5 Å². The first-order valence-corrected chi connectivity index (χ1v) is 10.1. The molecule has 1 amide bonds. The van der Waals surface area contributed by atoms with Gasteiger partial charge in [0.1, 0.15) is 5.52 Å². The van der Waals surface area contributed by atoms with Crippen LogP contribution in [0.4, 0.5) is 11.1 Å². The van der Waals surface area contributed by atoms with E-state index in [0.717, 1.165) is 48.7 Å². The van der Waals surface area contributed by atoms with Gasteiger partial charge in [-0.05, 0) is 19.1 Å². The molecule has 5 rings (SSSR count). The van der Waals surface area contributed by atoms with Crippen molar-refractivity contribution >= 4 is 39.4 Å². The summed E-state index contributed by atoms with van der Waals surface area (Å²) in [5, 5.41) is 3.54. The highest BCUT2D eigenvalue weighted by Gasteiger charge is 2.23. The minimum absolute atomic E-state index is 0.238. The maximum Gasteiger partial charge on any atom is 0.259 e. The number of fused-ring (bicyclic) bond motifs is 2. The van der Waals surface area contributed by atoms with Crippen molar-refractivity contribution in [3.05, 3.63) is 52.0 Å². The fourth-order valence-electron chi connectivity index (χ4n) is 3.61. The number of thiazole rings is 1. The highest BCUT2D eigenvalue weighted by Crippen LogP contribution is 2.30. The number of hydrogen-bond donors (Lipinski definition) is 4. The van der Waals surface area contributed by atoms with Gasteiger partial charge in [0.2, 0.25) is 0 Å². The molecule has 0 unspecified atom stereocenters. The quantitative estimate of drug-likeness (QED) is 0.411. The van der Waals surface area contributed by atoms with Gasteiger partial charge in [0.05, 0.1) is 34.5 Å². The summed E-state index contributed by atoms with van der Waals surface area (Å²) < 4.78 is 0. The van der Waals surface area contributed by atoms with E-state index >= 15 is 0 Å². The molecule has 29 heavy (non-hydrogen) atoms. The van der Waals surface area contributed by atoms with Gasteiger partial charge < -0.3 is 15.7 Å². The summed E-state index contributed by atoms with van der Waals surface area (Å²) >= 11 is 1.53. The van der Waals surface area contributed by atoms with Crippen LogP contribution in [-0.2, 0) is 19.5 Å². The van der Waals surface area contributed by atoms with E-state index in [0.29, 0.717) is 16.2 Å². The Kier molecular flexibility index (Phi) is 4.29. The Hall–Kier alpha value is -3.24. The second-order valence-electron chi connectivity index (χ2n) is 7.09. The van der Waals surface area contributed by atoms with Crippen molar-refractivity contribution in [1.82, 2.24) is 29.8 Å². The van der Waals surface area contributed by atoms with Crippen LogP contribution in [0.2, 0.25) is 0 Å². The van der Waals surface area contributed by atoms with Crippen molar-refractivity contribution in [3.63, 3.8) is 0 Å². The van der Waals surface area contributed by atoms with E-state index in [2.05, 4.69) is 35.1 Å². The Morgan fingerprint density at radius 1 is 1.38 bits per heavy atom. The summed E-state index contributed by atoms with van der Waals surface area (Å²) in [6.07, 6.45) is 2.59. The third-order valence-electron chi connectivity index (χ3n) is 5.12. The first-order valence-electron chi connectivity index (χ1n) is 9.32. The van der Waals surface area contributed by atoms with Crippen LogP contribution in [0.3, 0.4) is 0 Å². The molecule has 0 fully saturated rings. The third-order valence-corrected chi connectivity index (χ3v) is 6.12. The average molecular weight is 408 g/mol. The number of carbonyl (C=O) groups excluding carboxylic acids is 1. The topological polar surface area (TPSA) is 129 Å². The normalized spacial score (nSPS) is 14.2. The van der Waals surface area contributed by atoms with Crippen molar-refractivity contribution in [2.45, 2.75) is 26.4 Å². The predicted octanol–water partition coefficient (Wildman–Crippen LogP) is 2.44. The number of nitrogens with one attached hydrogen (secondary N) is 3. The molecule has 3 aromatic heterocycles. The second kappa shape index (κ2) is 6.98. The molecule has 4 heterocycles. The standard InChI is InChI=1S/C19H20N8OS/c1-10-14(22-9-21-10)7-27-6-5-12-15(8-27)29-19(24-12)26-17(28)11-3-2-4-13-16(11)25-18(20)23-13/h2-4,9H,5-8H2,1H3,(H,21,22)(H3,20,23,25)(H,24,26,28). The van der Waals surface area contributed by atoms with Crippen LogP contribution in [0.25, 0.3) is 11.0 Å². The fraction of sp³-hybridized carbons (Fsp3) is 0.263. The van der Waals surface area contributed by atoms with E-state index in [9.17, 15) is 4.79 Å². The van der Waals surface area contributed by atoms with Crippen molar-refractivity contribution in [2.75, 3.05) is 17.6 Å². The highest BCUT2D eigenvalue weighted by atomic mass is 32.1. The van der Waals surface area contributed by atoms with Crippen molar-refractivity contribution in [3.8, 4) is 0 Å². The van der Waals surface area contributed by atoms with Gasteiger partial charge in [0.25, 0.3) is 5.91 Å².